The van der Waals surface area contributed by atoms with Crippen LogP contribution >= 0.6 is 34.9 Å². The maximum atomic E-state index is 4.81. The van der Waals surface area contributed by atoms with Crippen LogP contribution in [0.2, 0.25) is 0 Å². The van der Waals surface area contributed by atoms with Gasteiger partial charge < -0.3 is 0 Å². The number of halogens is 2. The second-order valence-corrected chi connectivity index (χ2v) is 21.3. The van der Waals surface area contributed by atoms with E-state index in [1.165, 1.54) is 12.3 Å². The van der Waals surface area contributed by atoms with Gasteiger partial charge in [0.15, 0.2) is 0 Å². The van der Waals surface area contributed by atoms with Crippen molar-refractivity contribution in [1.29, 1.82) is 0 Å². The van der Waals surface area contributed by atoms with Crippen molar-refractivity contribution in [2.75, 3.05) is 12.3 Å². The van der Waals surface area contributed by atoms with Crippen LogP contribution in [0.3, 0.4) is 0 Å². The summed E-state index contributed by atoms with van der Waals surface area (Å²) in [4.78, 5) is 0. The predicted octanol–water partition coefficient (Wildman–Crippen LogP) is 10.7. The van der Waals surface area contributed by atoms with Crippen LogP contribution in [0.4, 0.5) is 0 Å². The summed E-state index contributed by atoms with van der Waals surface area (Å²) in [7, 11) is 9.76. The SMILES string of the molecule is CC=CCP(C(C)(C)C)C(C)(C)C.CC=CCP(C(C)(C)C)C(C)(C)C.[Cl][Pd][Cl]. The Bertz CT molecular complexity index is 377. The van der Waals surface area contributed by atoms with E-state index >= 15 is 0 Å². The summed E-state index contributed by atoms with van der Waals surface area (Å²) in [5.74, 6) is 0. The molecule has 0 aliphatic heterocycles. The molecule has 0 aromatic rings. The normalized spacial score (nSPS) is 13.7. The van der Waals surface area contributed by atoms with Crippen LogP contribution in [0.25, 0.3) is 0 Å². The molecule has 5 heteroatoms. The van der Waals surface area contributed by atoms with Gasteiger partial charge in [-0.15, -0.1) is 0 Å². The van der Waals surface area contributed by atoms with Crippen molar-refractivity contribution in [3.8, 4) is 0 Å². The van der Waals surface area contributed by atoms with E-state index in [1.54, 1.807) is 0 Å². The van der Waals surface area contributed by atoms with Crippen molar-refractivity contribution in [2.45, 2.75) is 118 Å². The minimum absolute atomic E-state index is 0.0646. The Morgan fingerprint density at radius 3 is 0.828 bits per heavy atom. The summed E-state index contributed by atoms with van der Waals surface area (Å²) in [5.41, 5.74) is 0. The van der Waals surface area contributed by atoms with Gasteiger partial charge in [0.25, 0.3) is 0 Å². The molecule has 180 valence electrons. The molecule has 0 N–H and O–H groups in total. The van der Waals surface area contributed by atoms with Gasteiger partial charge in [0.1, 0.15) is 0 Å². The number of hydrogen-bond donors (Lipinski definition) is 0. The fraction of sp³-hybridized carbons (Fsp3) is 0.833. The van der Waals surface area contributed by atoms with Gasteiger partial charge in [0.05, 0.1) is 0 Å². The number of hydrogen-bond acceptors (Lipinski definition) is 0. The molecule has 0 fully saturated rings. The second-order valence-electron chi connectivity index (χ2n) is 11.1. The van der Waals surface area contributed by atoms with Gasteiger partial charge in [0.2, 0.25) is 0 Å². The Morgan fingerprint density at radius 2 is 0.724 bits per heavy atom. The molecule has 0 bridgehead atoms. The first kappa shape index (κ1) is 35.2. The molecular formula is C24H50Cl2P2Pd. The van der Waals surface area contributed by atoms with Crippen LogP contribution in [0.5, 0.6) is 0 Å². The van der Waals surface area contributed by atoms with E-state index in [1.807, 2.05) is 0 Å². The average molecular weight is 578 g/mol. The van der Waals surface area contributed by atoms with Crippen LogP contribution in [0.1, 0.15) is 96.9 Å². The molecule has 0 unspecified atom stereocenters. The van der Waals surface area contributed by atoms with Gasteiger partial charge in [-0.05, 0) is 46.8 Å². The fourth-order valence-corrected chi connectivity index (χ4v) is 10.6. The first-order valence-corrected chi connectivity index (χ1v) is 17.5. The summed E-state index contributed by atoms with van der Waals surface area (Å²) in [5, 5.41) is 1.86. The molecule has 0 aliphatic carbocycles. The van der Waals surface area contributed by atoms with Crippen molar-refractivity contribution in [2.24, 2.45) is 0 Å². The zero-order valence-electron chi connectivity index (χ0n) is 21.7. The van der Waals surface area contributed by atoms with E-state index in [-0.39, 0.29) is 31.8 Å². The molecule has 0 atom stereocenters. The van der Waals surface area contributed by atoms with Crippen molar-refractivity contribution in [3.05, 3.63) is 24.3 Å². The molecule has 0 rings (SSSR count). The first-order chi connectivity index (χ1) is 12.8. The minimum atomic E-state index is -0.106. The average Bonchev–Trinajstić information content (AvgIpc) is 2.44. The van der Waals surface area contributed by atoms with Crippen molar-refractivity contribution in [3.63, 3.8) is 0 Å². The molecule has 29 heavy (non-hydrogen) atoms. The molecule has 0 saturated heterocycles. The summed E-state index contributed by atoms with van der Waals surface area (Å²) in [6, 6.07) is 0. The summed E-state index contributed by atoms with van der Waals surface area (Å²) in [6.45, 7) is 32.6. The van der Waals surface area contributed by atoms with Crippen molar-refractivity contribution in [1.82, 2.24) is 0 Å². The summed E-state index contributed by atoms with van der Waals surface area (Å²) in [6.07, 6.45) is 11.5. The summed E-state index contributed by atoms with van der Waals surface area (Å²) < 4.78 is 0. The standard InChI is InChI=1S/2C12H25P.2ClH.Pd/c2*1-8-9-10-13(11(2,3)4)12(5,6)7;;;/h2*8-9H,10H2,1-7H3;2*1H;/q;;;;+2/p-2. The molecule has 0 aromatic carbocycles. The molecule has 0 saturated carbocycles. The van der Waals surface area contributed by atoms with Gasteiger partial charge in [-0.2, -0.15) is 0 Å². The van der Waals surface area contributed by atoms with Crippen molar-refractivity contribution >= 4 is 34.9 Å². The van der Waals surface area contributed by atoms with E-state index < -0.39 is 0 Å². The fourth-order valence-electron chi connectivity index (χ4n) is 3.53. The third kappa shape index (κ3) is 20.0. The Hall–Kier alpha value is 1.58. The quantitative estimate of drug-likeness (QED) is 0.177. The van der Waals surface area contributed by atoms with E-state index in [9.17, 15) is 0 Å². The molecule has 0 aliphatic rings. The van der Waals surface area contributed by atoms with Gasteiger partial charge in [-0.3, -0.25) is 0 Å². The van der Waals surface area contributed by atoms with Gasteiger partial charge >= 0.3 is 35.0 Å². The van der Waals surface area contributed by atoms with Crippen LogP contribution in [-0.2, 0) is 15.9 Å². The molecule has 0 heterocycles. The van der Waals surface area contributed by atoms with E-state index in [0.29, 0.717) is 20.6 Å². The Morgan fingerprint density at radius 1 is 0.552 bits per heavy atom. The predicted molar refractivity (Wildman–Crippen MR) is 144 cm³/mol. The van der Waals surface area contributed by atoms with Crippen LogP contribution in [0.15, 0.2) is 24.3 Å². The Balaban J connectivity index is -0.000000410. The molecule has 0 aromatic heterocycles. The van der Waals surface area contributed by atoms with Gasteiger partial charge in [-0.25, -0.2) is 0 Å². The van der Waals surface area contributed by atoms with E-state index in [2.05, 4.69) is 121 Å². The maximum absolute atomic E-state index is 4.81. The Labute approximate surface area is 204 Å². The van der Waals surface area contributed by atoms with Gasteiger partial charge in [-0.1, -0.05) is 123 Å². The Kier molecular flexibility index (Phi) is 19.7. The number of allylic oxidation sites excluding steroid dienone is 4. The van der Waals surface area contributed by atoms with E-state index in [0.717, 1.165) is 0 Å². The molecule has 0 radical (unpaired) electrons. The van der Waals surface area contributed by atoms with Crippen LogP contribution in [0, 0.1) is 0 Å². The zero-order chi connectivity index (χ0) is 24.1. The van der Waals surface area contributed by atoms with Gasteiger partial charge in [0, 0.05) is 0 Å². The molecule has 0 nitrogen and oxygen atoms in total. The number of rotatable bonds is 4. The zero-order valence-corrected chi connectivity index (χ0v) is 26.5. The third-order valence-electron chi connectivity index (χ3n) is 4.29. The first-order valence-electron chi connectivity index (χ1n) is 10.4. The second kappa shape index (κ2) is 16.2. The topological polar surface area (TPSA) is 0 Å². The monoisotopic (exact) mass is 576 g/mol. The molecule has 0 amide bonds. The molecular weight excluding hydrogens is 528 g/mol. The third-order valence-corrected chi connectivity index (χ3v) is 11.9. The van der Waals surface area contributed by atoms with Crippen LogP contribution in [-0.4, -0.2) is 32.9 Å². The van der Waals surface area contributed by atoms with Crippen molar-refractivity contribution < 1.29 is 15.9 Å². The molecule has 0 spiro atoms. The van der Waals surface area contributed by atoms with Crippen LogP contribution < -0.4 is 0 Å². The van der Waals surface area contributed by atoms with E-state index in [4.69, 9.17) is 19.1 Å². The summed E-state index contributed by atoms with van der Waals surface area (Å²) >= 11 is -0.106.